The molecule has 10 nitrogen and oxygen atoms in total. The van der Waals surface area contributed by atoms with Gasteiger partial charge in [-0.2, -0.15) is 0 Å². The predicted molar refractivity (Wildman–Crippen MR) is 161 cm³/mol. The molecule has 4 heterocycles. The van der Waals surface area contributed by atoms with Gasteiger partial charge in [0.15, 0.2) is 5.82 Å². The smallest absolute Gasteiger partial charge is 0.293 e. The zero-order valence-electron chi connectivity index (χ0n) is 25.0. The molecule has 0 unspecified atom stereocenters. The number of nitrogens with one attached hydrogen (secondary N) is 1. The lowest BCUT2D eigenvalue weighted by atomic mass is 9.63. The van der Waals surface area contributed by atoms with Crippen LogP contribution < -0.4 is 15.1 Å². The van der Waals surface area contributed by atoms with Gasteiger partial charge in [0.25, 0.3) is 5.91 Å². The lowest BCUT2D eigenvalue weighted by molar-refractivity contribution is -0.164. The molecule has 3 aliphatic heterocycles. The number of amides is 2. The van der Waals surface area contributed by atoms with Crippen LogP contribution in [0.1, 0.15) is 49.8 Å². The highest BCUT2D eigenvalue weighted by Crippen LogP contribution is 2.52. The third-order valence-corrected chi connectivity index (χ3v) is 9.45. The first-order valence-corrected chi connectivity index (χ1v) is 15.0. The largest absolute Gasteiger partial charge is 0.380 e. The molecule has 1 saturated carbocycles. The third-order valence-electron chi connectivity index (χ3n) is 9.45. The maximum Gasteiger partial charge on any atom is 0.293 e. The van der Waals surface area contributed by atoms with Gasteiger partial charge in [0.2, 0.25) is 11.7 Å². The van der Waals surface area contributed by atoms with Gasteiger partial charge in [-0.05, 0) is 70.9 Å². The Bertz CT molecular complexity index is 1530. The molecule has 2 saturated heterocycles. The molecule has 3 atom stereocenters. The summed E-state index contributed by atoms with van der Waals surface area (Å²) in [7, 11) is 1.84. The van der Waals surface area contributed by atoms with E-state index in [9.17, 15) is 9.59 Å². The number of aryl methyl sites for hydroxylation is 1. The summed E-state index contributed by atoms with van der Waals surface area (Å²) in [4.78, 5) is 37.8. The number of anilines is 2. The second-order valence-corrected chi connectivity index (χ2v) is 12.9. The summed E-state index contributed by atoms with van der Waals surface area (Å²) >= 11 is 0. The molecule has 3 aromatic rings. The number of aromatic nitrogens is 3. The summed E-state index contributed by atoms with van der Waals surface area (Å²) < 4.78 is 7.30. The van der Waals surface area contributed by atoms with Gasteiger partial charge in [0.05, 0.1) is 30.3 Å². The van der Waals surface area contributed by atoms with Crippen molar-refractivity contribution in [3.05, 3.63) is 53.9 Å². The van der Waals surface area contributed by atoms with Crippen molar-refractivity contribution in [3.63, 3.8) is 0 Å². The Labute approximate surface area is 246 Å². The van der Waals surface area contributed by atoms with Gasteiger partial charge >= 0.3 is 0 Å². The van der Waals surface area contributed by atoms with Crippen LogP contribution in [0.2, 0.25) is 0 Å². The molecule has 0 radical (unpaired) electrons. The van der Waals surface area contributed by atoms with Crippen LogP contribution in [-0.2, 0) is 9.53 Å². The van der Waals surface area contributed by atoms with E-state index in [1.165, 1.54) is 0 Å². The highest BCUT2D eigenvalue weighted by molar-refractivity contribution is 6.05. The first kappa shape index (κ1) is 27.1. The highest BCUT2D eigenvalue weighted by Gasteiger charge is 2.54. The van der Waals surface area contributed by atoms with Crippen molar-refractivity contribution in [3.8, 4) is 17.1 Å². The Kier molecular flexibility index (Phi) is 6.40. The fourth-order valence-electron chi connectivity index (χ4n) is 7.25. The van der Waals surface area contributed by atoms with E-state index in [0.717, 1.165) is 54.2 Å². The van der Waals surface area contributed by atoms with Gasteiger partial charge in [-0.25, -0.2) is 9.67 Å². The molecule has 7 rings (SSSR count). The number of likely N-dealkylation sites (N-methyl/N-ethyl adjacent to an activating group) is 1. The molecular weight excluding hydrogens is 530 g/mol. The fraction of sp³-hybridized carbons (Fsp3) is 0.500. The summed E-state index contributed by atoms with van der Waals surface area (Å²) in [5.74, 6) is 0.721. The Morgan fingerprint density at radius 2 is 1.69 bits per heavy atom. The van der Waals surface area contributed by atoms with Crippen molar-refractivity contribution in [2.45, 2.75) is 64.7 Å². The summed E-state index contributed by atoms with van der Waals surface area (Å²) in [5, 5.41) is 8.27. The van der Waals surface area contributed by atoms with Gasteiger partial charge in [-0.1, -0.05) is 17.7 Å². The van der Waals surface area contributed by atoms with E-state index < -0.39 is 0 Å². The Balaban J connectivity index is 1.30. The number of piperazine rings is 1. The average Bonchev–Trinajstić information content (AvgIpc) is 3.36. The van der Waals surface area contributed by atoms with Crippen LogP contribution >= 0.6 is 0 Å². The van der Waals surface area contributed by atoms with Crippen LogP contribution in [0.3, 0.4) is 0 Å². The van der Waals surface area contributed by atoms with E-state index >= 15 is 0 Å². The van der Waals surface area contributed by atoms with E-state index in [1.807, 2.05) is 62.2 Å². The molecule has 2 aromatic carbocycles. The summed E-state index contributed by atoms with van der Waals surface area (Å²) in [5.41, 5.74) is 5.00. The monoisotopic (exact) mass is 569 g/mol. The second kappa shape index (κ2) is 9.91. The zero-order chi connectivity index (χ0) is 29.3. The van der Waals surface area contributed by atoms with Gasteiger partial charge in [-0.3, -0.25) is 9.59 Å². The summed E-state index contributed by atoms with van der Waals surface area (Å²) in [6.45, 7) is 11.1. The summed E-state index contributed by atoms with van der Waals surface area (Å²) in [6, 6.07) is 14.6. The lowest BCUT2D eigenvalue weighted by Gasteiger charge is -2.58. The molecule has 1 aromatic heterocycles. The molecule has 1 spiro atoms. The number of hydrogen-bond donors (Lipinski definition) is 1. The van der Waals surface area contributed by atoms with Crippen LogP contribution in [0, 0.1) is 12.3 Å². The van der Waals surface area contributed by atoms with E-state index in [-0.39, 0.29) is 47.2 Å². The number of nitrogens with zero attached hydrogens (tertiary/aromatic N) is 6. The van der Waals surface area contributed by atoms with Crippen molar-refractivity contribution < 1.29 is 14.3 Å². The zero-order valence-corrected chi connectivity index (χ0v) is 25.0. The number of ether oxygens (including phenoxy) is 1. The van der Waals surface area contributed by atoms with Gasteiger partial charge in [0, 0.05) is 49.2 Å². The minimum absolute atomic E-state index is 0.0937. The van der Waals surface area contributed by atoms with Gasteiger partial charge in [0.1, 0.15) is 6.04 Å². The normalized spacial score (nSPS) is 25.3. The maximum absolute atomic E-state index is 13.7. The van der Waals surface area contributed by atoms with E-state index in [0.29, 0.717) is 18.9 Å². The molecular formula is C32H39N7O3. The lowest BCUT2D eigenvalue weighted by Crippen LogP contribution is -2.64. The number of hydrogen-bond acceptors (Lipinski definition) is 7. The van der Waals surface area contributed by atoms with E-state index in [4.69, 9.17) is 14.8 Å². The van der Waals surface area contributed by atoms with Crippen molar-refractivity contribution in [1.29, 1.82) is 0 Å². The first-order valence-electron chi connectivity index (χ1n) is 15.0. The van der Waals surface area contributed by atoms with Crippen molar-refractivity contribution in [2.75, 3.05) is 43.2 Å². The predicted octanol–water partition coefficient (Wildman–Crippen LogP) is 3.42. The Hall–Kier alpha value is -3.76. The number of carbonyl (C=O) groups is 2. The molecule has 0 bridgehead atoms. The van der Waals surface area contributed by atoms with Crippen LogP contribution in [0.15, 0.2) is 42.5 Å². The quantitative estimate of drug-likeness (QED) is 0.515. The first-order chi connectivity index (χ1) is 20.1. The standard InChI is InChI=1S/C32H39N7O3/c1-19-6-9-24(10-7-19)39-29(34-28(35-39)31(41)37-15-20(2)33-21(3)16-37)23-8-11-26-27(12-23)38(22(4)30(40)36(26)5)25-13-32(14-25)17-42-18-32/h6-12,20-22,25,33H,13-18H2,1-5H3/t20-,21+,22-/m1/s1. The fourth-order valence-corrected chi connectivity index (χ4v) is 7.25. The second-order valence-electron chi connectivity index (χ2n) is 12.9. The van der Waals surface area contributed by atoms with Crippen LogP contribution in [-0.4, -0.2) is 89.0 Å². The van der Waals surface area contributed by atoms with Crippen molar-refractivity contribution in [2.24, 2.45) is 5.41 Å². The Morgan fingerprint density at radius 3 is 2.33 bits per heavy atom. The van der Waals surface area contributed by atoms with Crippen LogP contribution in [0.5, 0.6) is 0 Å². The third kappa shape index (κ3) is 4.39. The molecule has 3 fully saturated rings. The Morgan fingerprint density at radius 1 is 1.00 bits per heavy atom. The van der Waals surface area contributed by atoms with Gasteiger partial charge < -0.3 is 24.8 Å². The van der Waals surface area contributed by atoms with Crippen molar-refractivity contribution >= 4 is 23.2 Å². The van der Waals surface area contributed by atoms with Gasteiger partial charge in [-0.15, -0.1) is 5.10 Å². The number of fused-ring (bicyclic) bond motifs is 1. The molecule has 2 amide bonds. The van der Waals surface area contributed by atoms with Crippen LogP contribution in [0.25, 0.3) is 17.1 Å². The molecule has 220 valence electrons. The minimum atomic E-state index is -0.273. The SMILES string of the molecule is Cc1ccc(-n2nc(C(=O)N3C[C@@H](C)N[C@@H](C)C3)nc2-c2ccc3c(c2)N(C2CC4(COC4)C2)[C@H](C)C(=O)N3C)cc1. The number of carbonyl (C=O) groups excluding carboxylic acids is 2. The van der Waals surface area contributed by atoms with Crippen molar-refractivity contribution in [1.82, 2.24) is 25.0 Å². The molecule has 1 aliphatic carbocycles. The number of rotatable bonds is 4. The van der Waals surface area contributed by atoms with E-state index in [2.05, 4.69) is 30.1 Å². The maximum atomic E-state index is 13.7. The van der Waals surface area contributed by atoms with E-state index in [1.54, 1.807) is 9.58 Å². The molecule has 4 aliphatic rings. The number of benzene rings is 2. The molecule has 1 N–H and O–H groups in total. The summed E-state index contributed by atoms with van der Waals surface area (Å²) in [6.07, 6.45) is 2.05. The molecule has 10 heteroatoms. The van der Waals surface area contributed by atoms with Crippen LogP contribution in [0.4, 0.5) is 11.4 Å². The highest BCUT2D eigenvalue weighted by atomic mass is 16.5. The topological polar surface area (TPSA) is 95.8 Å². The molecule has 42 heavy (non-hydrogen) atoms. The average molecular weight is 570 g/mol. The minimum Gasteiger partial charge on any atom is -0.380 e.